The fourth-order valence-corrected chi connectivity index (χ4v) is 5.87. The van der Waals surface area contributed by atoms with E-state index in [-0.39, 0.29) is 5.91 Å². The van der Waals surface area contributed by atoms with Crippen LogP contribution in [0.2, 0.25) is 0 Å². The molecule has 3 heterocycles. The number of piperidine rings is 1. The molecule has 0 saturated carbocycles. The Morgan fingerprint density at radius 3 is 2.36 bits per heavy atom. The van der Waals surface area contributed by atoms with Crippen molar-refractivity contribution in [3.05, 3.63) is 35.9 Å². The van der Waals surface area contributed by atoms with Crippen molar-refractivity contribution in [1.82, 2.24) is 18.4 Å². The molecule has 0 radical (unpaired) electrons. The largest absolute Gasteiger partial charge is 0.388 e. The topological polar surface area (TPSA) is 85.8 Å². The molecule has 10 heteroatoms. The standard InChI is InChI=1S/C23H35N5O4S/c1-25(2)33(30,31)28-13-10-23(11-14-28)19-21(24-32-23)22(29)27-17-15-26(16-18-27)12-6-9-20-7-4-3-5-8-20/h3-5,7-8H,6,9-19H2,1-2H3. The van der Waals surface area contributed by atoms with Crippen LogP contribution in [0.5, 0.6) is 0 Å². The van der Waals surface area contributed by atoms with Crippen molar-refractivity contribution in [3.8, 4) is 0 Å². The van der Waals surface area contributed by atoms with Gasteiger partial charge in [-0.1, -0.05) is 35.5 Å². The van der Waals surface area contributed by atoms with Crippen molar-refractivity contribution in [2.24, 2.45) is 5.16 Å². The zero-order chi connectivity index (χ0) is 23.5. The lowest BCUT2D eigenvalue weighted by Gasteiger charge is -2.37. The van der Waals surface area contributed by atoms with Gasteiger partial charge in [0.25, 0.3) is 16.1 Å². The fraction of sp³-hybridized carbons (Fsp3) is 0.652. The summed E-state index contributed by atoms with van der Waals surface area (Å²) >= 11 is 0. The number of nitrogens with zero attached hydrogens (tertiary/aromatic N) is 5. The van der Waals surface area contributed by atoms with Crippen LogP contribution in [-0.2, 0) is 26.3 Å². The van der Waals surface area contributed by atoms with Gasteiger partial charge < -0.3 is 9.74 Å². The predicted molar refractivity (Wildman–Crippen MR) is 127 cm³/mol. The smallest absolute Gasteiger partial charge is 0.281 e. The number of amides is 1. The molecule has 1 aromatic rings. The second kappa shape index (κ2) is 10.1. The molecule has 3 aliphatic rings. The first-order valence-corrected chi connectivity index (χ1v) is 13.2. The van der Waals surface area contributed by atoms with E-state index in [1.165, 1.54) is 28.3 Å². The van der Waals surface area contributed by atoms with Gasteiger partial charge in [0.2, 0.25) is 0 Å². The summed E-state index contributed by atoms with van der Waals surface area (Å²) in [6.07, 6.45) is 3.72. The molecule has 182 valence electrons. The van der Waals surface area contributed by atoms with Crippen molar-refractivity contribution in [1.29, 1.82) is 0 Å². The van der Waals surface area contributed by atoms with Gasteiger partial charge in [-0.2, -0.15) is 17.0 Å². The van der Waals surface area contributed by atoms with Crippen LogP contribution in [0, 0.1) is 0 Å². The summed E-state index contributed by atoms with van der Waals surface area (Å²) in [5, 5.41) is 4.15. The molecule has 1 amide bonds. The van der Waals surface area contributed by atoms with Crippen molar-refractivity contribution in [2.45, 2.75) is 37.7 Å². The average molecular weight is 478 g/mol. The maximum absolute atomic E-state index is 13.0. The van der Waals surface area contributed by atoms with E-state index in [1.54, 1.807) is 0 Å². The average Bonchev–Trinajstić information content (AvgIpc) is 3.23. The summed E-state index contributed by atoms with van der Waals surface area (Å²) in [4.78, 5) is 23.1. The van der Waals surface area contributed by atoms with E-state index in [2.05, 4.69) is 34.3 Å². The highest BCUT2D eigenvalue weighted by molar-refractivity contribution is 7.86. The molecule has 0 atom stereocenters. The summed E-state index contributed by atoms with van der Waals surface area (Å²) in [6.45, 7) is 4.93. The summed E-state index contributed by atoms with van der Waals surface area (Å²) in [7, 11) is -0.354. The van der Waals surface area contributed by atoms with E-state index in [9.17, 15) is 13.2 Å². The molecule has 0 aromatic heterocycles. The van der Waals surface area contributed by atoms with E-state index in [0.29, 0.717) is 51.2 Å². The number of carbonyl (C=O) groups excluding carboxylic acids is 1. The second-order valence-electron chi connectivity index (χ2n) is 9.40. The zero-order valence-electron chi connectivity index (χ0n) is 19.6. The van der Waals surface area contributed by atoms with Crippen LogP contribution < -0.4 is 0 Å². The number of carbonyl (C=O) groups is 1. The Morgan fingerprint density at radius 2 is 1.73 bits per heavy atom. The number of hydrogen-bond donors (Lipinski definition) is 0. The monoisotopic (exact) mass is 477 g/mol. The van der Waals surface area contributed by atoms with E-state index in [0.717, 1.165) is 32.5 Å². The first-order valence-electron chi connectivity index (χ1n) is 11.8. The molecular formula is C23H35N5O4S. The Hall–Kier alpha value is -2.01. The molecule has 0 bridgehead atoms. The van der Waals surface area contributed by atoms with Crippen LogP contribution >= 0.6 is 0 Å². The molecule has 33 heavy (non-hydrogen) atoms. The van der Waals surface area contributed by atoms with Crippen LogP contribution in [0.4, 0.5) is 0 Å². The molecule has 1 spiro atoms. The number of benzene rings is 1. The Labute approximate surface area is 197 Å². The van der Waals surface area contributed by atoms with Crippen molar-refractivity contribution >= 4 is 21.8 Å². The molecule has 1 aromatic carbocycles. The summed E-state index contributed by atoms with van der Waals surface area (Å²) in [6, 6.07) is 10.5. The molecule has 0 aliphatic carbocycles. The Balaban J connectivity index is 1.20. The number of rotatable bonds is 7. The Bertz CT molecular complexity index is 950. The molecule has 4 rings (SSSR count). The third-order valence-electron chi connectivity index (χ3n) is 6.95. The third-order valence-corrected chi connectivity index (χ3v) is 8.89. The van der Waals surface area contributed by atoms with Crippen molar-refractivity contribution in [3.63, 3.8) is 0 Å². The minimum Gasteiger partial charge on any atom is -0.388 e. The second-order valence-corrected chi connectivity index (χ2v) is 11.5. The molecular weight excluding hydrogens is 442 g/mol. The third kappa shape index (κ3) is 5.56. The van der Waals surface area contributed by atoms with Crippen LogP contribution in [0.15, 0.2) is 35.5 Å². The highest BCUT2D eigenvalue weighted by Crippen LogP contribution is 2.36. The van der Waals surface area contributed by atoms with Crippen LogP contribution in [-0.4, -0.2) is 104 Å². The van der Waals surface area contributed by atoms with Crippen LogP contribution in [0.1, 0.15) is 31.2 Å². The molecule has 3 aliphatic heterocycles. The normalized spacial score (nSPS) is 21.9. The number of oxime groups is 1. The van der Waals surface area contributed by atoms with E-state index in [4.69, 9.17) is 4.84 Å². The molecule has 0 N–H and O–H groups in total. The minimum absolute atomic E-state index is 0.0425. The molecule has 2 saturated heterocycles. The molecule has 2 fully saturated rings. The Kier molecular flexibility index (Phi) is 7.37. The van der Waals surface area contributed by atoms with Crippen LogP contribution in [0.3, 0.4) is 0 Å². The zero-order valence-corrected chi connectivity index (χ0v) is 20.5. The summed E-state index contributed by atoms with van der Waals surface area (Å²) in [5.41, 5.74) is 1.28. The first kappa shape index (κ1) is 24.1. The first-order chi connectivity index (χ1) is 15.8. The van der Waals surface area contributed by atoms with Gasteiger partial charge in [0, 0.05) is 72.6 Å². The van der Waals surface area contributed by atoms with Crippen LogP contribution in [0.25, 0.3) is 0 Å². The van der Waals surface area contributed by atoms with E-state index in [1.807, 2.05) is 11.0 Å². The molecule has 0 unspecified atom stereocenters. The highest BCUT2D eigenvalue weighted by Gasteiger charge is 2.46. The predicted octanol–water partition coefficient (Wildman–Crippen LogP) is 1.18. The van der Waals surface area contributed by atoms with Gasteiger partial charge in [-0.15, -0.1) is 0 Å². The van der Waals surface area contributed by atoms with Gasteiger partial charge in [0.15, 0.2) is 0 Å². The summed E-state index contributed by atoms with van der Waals surface area (Å²) < 4.78 is 27.4. The number of hydrogen-bond acceptors (Lipinski definition) is 6. The van der Waals surface area contributed by atoms with E-state index < -0.39 is 15.8 Å². The highest BCUT2D eigenvalue weighted by atomic mass is 32.2. The fourth-order valence-electron chi connectivity index (χ4n) is 4.77. The molecule has 9 nitrogen and oxygen atoms in total. The van der Waals surface area contributed by atoms with Crippen molar-refractivity contribution < 1.29 is 18.0 Å². The SMILES string of the molecule is CN(C)S(=O)(=O)N1CCC2(CC1)CC(C(=O)N1CCN(CCCc3ccccc3)CC1)=NO2. The maximum atomic E-state index is 13.0. The quantitative estimate of drug-likeness (QED) is 0.589. The van der Waals surface area contributed by atoms with Gasteiger partial charge in [-0.25, -0.2) is 0 Å². The lowest BCUT2D eigenvalue weighted by Crippen LogP contribution is -2.52. The van der Waals surface area contributed by atoms with Gasteiger partial charge in [0.05, 0.1) is 0 Å². The summed E-state index contributed by atoms with van der Waals surface area (Å²) in [5.74, 6) is -0.0425. The minimum atomic E-state index is -3.43. The Morgan fingerprint density at radius 1 is 1.06 bits per heavy atom. The lowest BCUT2D eigenvalue weighted by atomic mass is 9.87. The van der Waals surface area contributed by atoms with Crippen molar-refractivity contribution in [2.75, 3.05) is 59.9 Å². The van der Waals surface area contributed by atoms with Gasteiger partial charge in [-0.3, -0.25) is 9.69 Å². The number of aryl methyl sites for hydroxylation is 1. The lowest BCUT2D eigenvalue weighted by molar-refractivity contribution is -0.125. The van der Waals surface area contributed by atoms with Gasteiger partial charge in [0.1, 0.15) is 11.3 Å². The number of piperazine rings is 1. The van der Waals surface area contributed by atoms with E-state index >= 15 is 0 Å². The maximum Gasteiger partial charge on any atom is 0.281 e. The van der Waals surface area contributed by atoms with Gasteiger partial charge >= 0.3 is 0 Å². The van der Waals surface area contributed by atoms with Gasteiger partial charge in [-0.05, 0) is 24.9 Å².